The molecule has 3 heteroatoms. The highest BCUT2D eigenvalue weighted by Crippen LogP contribution is 2.34. The van der Waals surface area contributed by atoms with Crippen molar-refractivity contribution < 1.29 is 8.78 Å². The smallest absolute Gasteiger partial charge is 0.149 e. The third-order valence-corrected chi connectivity index (χ3v) is 3.43. The zero-order valence-corrected chi connectivity index (χ0v) is 9.79. The summed E-state index contributed by atoms with van der Waals surface area (Å²) in [7, 11) is 0. The van der Waals surface area contributed by atoms with Crippen molar-refractivity contribution in [3.63, 3.8) is 0 Å². The highest BCUT2D eigenvalue weighted by atomic mass is 19.1. The van der Waals surface area contributed by atoms with E-state index >= 15 is 0 Å². The van der Waals surface area contributed by atoms with Gasteiger partial charge in [-0.05, 0) is 29.7 Å². The van der Waals surface area contributed by atoms with Gasteiger partial charge in [0, 0.05) is 18.5 Å². The molecular weight excluding hydrogens is 232 g/mol. The maximum atomic E-state index is 13.4. The van der Waals surface area contributed by atoms with Crippen molar-refractivity contribution in [2.45, 2.75) is 12.3 Å². The van der Waals surface area contributed by atoms with Crippen LogP contribution in [0.3, 0.4) is 0 Å². The molecule has 0 heterocycles. The van der Waals surface area contributed by atoms with Gasteiger partial charge in [-0.25, -0.2) is 8.78 Å². The van der Waals surface area contributed by atoms with Gasteiger partial charge in [0.1, 0.15) is 11.6 Å². The molecular formula is C15H13F2N. The van der Waals surface area contributed by atoms with Crippen LogP contribution in [0.1, 0.15) is 17.0 Å². The Hall–Kier alpha value is -1.90. The minimum atomic E-state index is -0.549. The summed E-state index contributed by atoms with van der Waals surface area (Å²) in [5, 5.41) is 3.04. The predicted octanol–water partition coefficient (Wildman–Crippen LogP) is 3.72. The third-order valence-electron chi connectivity index (χ3n) is 3.43. The van der Waals surface area contributed by atoms with Gasteiger partial charge in [0.25, 0.3) is 0 Å². The summed E-state index contributed by atoms with van der Waals surface area (Å²) in [4.78, 5) is 0. The highest BCUT2D eigenvalue weighted by molar-refractivity contribution is 5.47. The molecule has 0 spiro atoms. The first kappa shape index (κ1) is 11.2. The molecule has 1 aliphatic rings. The molecule has 1 nitrogen and oxygen atoms in total. The molecule has 92 valence electrons. The average Bonchev–Trinajstić information content (AvgIpc) is 2.33. The second-order valence-electron chi connectivity index (χ2n) is 4.60. The number of benzene rings is 2. The van der Waals surface area contributed by atoms with Gasteiger partial charge in [-0.15, -0.1) is 0 Å². The zero-order chi connectivity index (χ0) is 12.5. The first-order valence-corrected chi connectivity index (χ1v) is 6.01. The number of fused-ring (bicyclic) bond motifs is 1. The van der Waals surface area contributed by atoms with E-state index < -0.39 is 11.6 Å². The fourth-order valence-electron chi connectivity index (χ4n) is 2.41. The lowest BCUT2D eigenvalue weighted by molar-refractivity contribution is 0.581. The molecule has 1 N–H and O–H groups in total. The fraction of sp³-hybridized carbons (Fsp3) is 0.200. The van der Waals surface area contributed by atoms with Crippen LogP contribution in [-0.4, -0.2) is 6.54 Å². The van der Waals surface area contributed by atoms with Crippen molar-refractivity contribution in [1.29, 1.82) is 0 Å². The summed E-state index contributed by atoms with van der Waals surface area (Å²) in [6, 6.07) is 11.9. The van der Waals surface area contributed by atoms with Crippen LogP contribution in [0, 0.1) is 11.6 Å². The summed E-state index contributed by atoms with van der Waals surface area (Å²) in [5.41, 5.74) is 3.05. The second kappa shape index (κ2) is 4.41. The van der Waals surface area contributed by atoms with Gasteiger partial charge in [-0.1, -0.05) is 24.3 Å². The number of hydrogen-bond donors (Lipinski definition) is 1. The first-order valence-electron chi connectivity index (χ1n) is 6.01. The average molecular weight is 245 g/mol. The molecule has 0 aromatic heterocycles. The summed E-state index contributed by atoms with van der Waals surface area (Å²) in [6.07, 6.45) is 1.02. The van der Waals surface area contributed by atoms with Crippen molar-refractivity contribution in [3.05, 3.63) is 65.2 Å². The molecule has 0 fully saturated rings. The fourth-order valence-corrected chi connectivity index (χ4v) is 2.41. The Bertz CT molecular complexity index is 580. The van der Waals surface area contributed by atoms with E-state index in [4.69, 9.17) is 0 Å². The van der Waals surface area contributed by atoms with Crippen LogP contribution in [-0.2, 0) is 6.42 Å². The van der Waals surface area contributed by atoms with Gasteiger partial charge in [-0.2, -0.15) is 0 Å². The molecule has 1 atom stereocenters. The number of hydrogen-bond acceptors (Lipinski definition) is 1. The van der Waals surface area contributed by atoms with Crippen LogP contribution < -0.4 is 5.32 Å². The maximum absolute atomic E-state index is 13.4. The zero-order valence-electron chi connectivity index (χ0n) is 9.79. The van der Waals surface area contributed by atoms with Crippen LogP contribution >= 0.6 is 0 Å². The van der Waals surface area contributed by atoms with Crippen LogP contribution in [0.5, 0.6) is 0 Å². The molecule has 2 aromatic rings. The number of halogens is 2. The lowest BCUT2D eigenvalue weighted by Crippen LogP contribution is -2.24. The van der Waals surface area contributed by atoms with Crippen LogP contribution in [0.15, 0.2) is 42.5 Å². The molecule has 2 aromatic carbocycles. The number of nitrogens with one attached hydrogen (secondary N) is 1. The van der Waals surface area contributed by atoms with Crippen molar-refractivity contribution in [2.24, 2.45) is 0 Å². The van der Waals surface area contributed by atoms with Gasteiger partial charge in [0.05, 0.1) is 5.69 Å². The SMILES string of the molecule is Fc1ccc(NCC2Cc3ccccc32)c(F)c1. The van der Waals surface area contributed by atoms with Crippen molar-refractivity contribution >= 4 is 5.69 Å². The third kappa shape index (κ3) is 1.96. The molecule has 3 rings (SSSR count). The topological polar surface area (TPSA) is 12.0 Å². The summed E-state index contributed by atoms with van der Waals surface area (Å²) < 4.78 is 26.2. The van der Waals surface area contributed by atoms with Crippen LogP contribution in [0.4, 0.5) is 14.5 Å². The highest BCUT2D eigenvalue weighted by Gasteiger charge is 2.25. The van der Waals surface area contributed by atoms with Crippen LogP contribution in [0.2, 0.25) is 0 Å². The standard InChI is InChI=1S/C15H13F2N/c16-12-5-6-15(14(17)8-12)18-9-11-7-10-3-1-2-4-13(10)11/h1-6,8,11,18H,7,9H2. The molecule has 1 aliphatic carbocycles. The van der Waals surface area contributed by atoms with Crippen molar-refractivity contribution in [2.75, 3.05) is 11.9 Å². The quantitative estimate of drug-likeness (QED) is 0.869. The van der Waals surface area contributed by atoms with E-state index in [0.29, 0.717) is 18.2 Å². The molecule has 0 saturated heterocycles. The first-order chi connectivity index (χ1) is 8.74. The van der Waals surface area contributed by atoms with Gasteiger partial charge in [-0.3, -0.25) is 0 Å². The Balaban J connectivity index is 1.66. The van der Waals surface area contributed by atoms with Crippen molar-refractivity contribution in [1.82, 2.24) is 0 Å². The van der Waals surface area contributed by atoms with E-state index in [0.717, 1.165) is 12.5 Å². The second-order valence-corrected chi connectivity index (χ2v) is 4.60. The minimum Gasteiger partial charge on any atom is -0.382 e. The number of rotatable bonds is 3. The molecule has 18 heavy (non-hydrogen) atoms. The summed E-state index contributed by atoms with van der Waals surface area (Å²) >= 11 is 0. The van der Waals surface area contributed by atoms with Crippen molar-refractivity contribution in [3.8, 4) is 0 Å². The lowest BCUT2D eigenvalue weighted by atomic mass is 9.77. The monoisotopic (exact) mass is 245 g/mol. The normalized spacial score (nSPS) is 16.9. The van der Waals surface area contributed by atoms with E-state index in [1.165, 1.54) is 23.3 Å². The summed E-state index contributed by atoms with van der Waals surface area (Å²) in [6.45, 7) is 0.680. The molecule has 1 unspecified atom stereocenters. The Kier molecular flexibility index (Phi) is 2.74. The molecule has 0 aliphatic heterocycles. The molecule has 0 radical (unpaired) electrons. The predicted molar refractivity (Wildman–Crippen MR) is 67.7 cm³/mol. The Morgan fingerprint density at radius 2 is 1.94 bits per heavy atom. The van der Waals surface area contributed by atoms with E-state index in [-0.39, 0.29) is 0 Å². The Morgan fingerprint density at radius 1 is 1.11 bits per heavy atom. The van der Waals surface area contributed by atoms with Gasteiger partial charge in [0.15, 0.2) is 0 Å². The largest absolute Gasteiger partial charge is 0.382 e. The Morgan fingerprint density at radius 3 is 2.72 bits per heavy atom. The van der Waals surface area contributed by atoms with E-state index in [1.54, 1.807) is 0 Å². The van der Waals surface area contributed by atoms with E-state index in [9.17, 15) is 8.78 Å². The Labute approximate surface area is 104 Å². The maximum Gasteiger partial charge on any atom is 0.149 e. The minimum absolute atomic E-state index is 0.362. The van der Waals surface area contributed by atoms with Gasteiger partial charge >= 0.3 is 0 Å². The molecule has 0 bridgehead atoms. The molecule has 0 amide bonds. The van der Waals surface area contributed by atoms with Crippen LogP contribution in [0.25, 0.3) is 0 Å². The lowest BCUT2D eigenvalue weighted by Gasteiger charge is -2.30. The van der Waals surface area contributed by atoms with Gasteiger partial charge in [0.2, 0.25) is 0 Å². The van der Waals surface area contributed by atoms with E-state index in [2.05, 4.69) is 17.4 Å². The molecule has 0 saturated carbocycles. The van der Waals surface area contributed by atoms with Gasteiger partial charge < -0.3 is 5.32 Å². The number of anilines is 1. The van der Waals surface area contributed by atoms with E-state index in [1.807, 2.05) is 12.1 Å². The summed E-state index contributed by atoms with van der Waals surface area (Å²) in [5.74, 6) is -0.666.